The molecule has 0 spiro atoms. The Hall–Kier alpha value is -0.120. The maximum Gasteiger partial charge on any atom is 0.0223 e. The summed E-state index contributed by atoms with van der Waals surface area (Å²) in [7, 11) is 4.34. The number of likely N-dealkylation sites (tertiary alicyclic amines) is 2. The van der Waals surface area contributed by atoms with E-state index in [4.69, 9.17) is 0 Å². The van der Waals surface area contributed by atoms with E-state index in [2.05, 4.69) is 29.2 Å². The van der Waals surface area contributed by atoms with Crippen molar-refractivity contribution in [1.82, 2.24) is 15.1 Å². The molecule has 0 aromatic carbocycles. The van der Waals surface area contributed by atoms with Crippen LogP contribution in [0.2, 0.25) is 0 Å². The second kappa shape index (κ2) is 5.99. The highest BCUT2D eigenvalue weighted by Gasteiger charge is 2.27. The quantitative estimate of drug-likeness (QED) is 0.773. The summed E-state index contributed by atoms with van der Waals surface area (Å²) < 4.78 is 0. The molecule has 2 unspecified atom stereocenters. The number of nitrogens with one attached hydrogen (secondary N) is 1. The van der Waals surface area contributed by atoms with Gasteiger partial charge in [-0.1, -0.05) is 0 Å². The predicted molar refractivity (Wildman–Crippen MR) is 68.7 cm³/mol. The summed E-state index contributed by atoms with van der Waals surface area (Å²) in [6.07, 6.45) is 5.61. The standard InChI is InChI=1S/C13H27N3/c1-14-9-12-5-3-8-16(10-12)13-6-4-7-15(2)11-13/h12-14H,3-11H2,1-2H3. The molecule has 94 valence electrons. The molecule has 2 atom stereocenters. The largest absolute Gasteiger partial charge is 0.319 e. The first kappa shape index (κ1) is 12.3. The first-order valence-electron chi connectivity index (χ1n) is 6.87. The first-order valence-corrected chi connectivity index (χ1v) is 6.87. The molecule has 2 aliphatic heterocycles. The van der Waals surface area contributed by atoms with Crippen LogP contribution < -0.4 is 5.32 Å². The molecule has 2 aliphatic rings. The van der Waals surface area contributed by atoms with Crippen LogP contribution in [0.15, 0.2) is 0 Å². The minimum absolute atomic E-state index is 0.832. The summed E-state index contributed by atoms with van der Waals surface area (Å²) >= 11 is 0. The van der Waals surface area contributed by atoms with Gasteiger partial charge in [-0.05, 0) is 65.3 Å². The summed E-state index contributed by atoms with van der Waals surface area (Å²) in [5.41, 5.74) is 0. The minimum Gasteiger partial charge on any atom is -0.319 e. The van der Waals surface area contributed by atoms with E-state index in [9.17, 15) is 0 Å². The van der Waals surface area contributed by atoms with Crippen LogP contribution in [0.3, 0.4) is 0 Å². The maximum atomic E-state index is 3.33. The molecule has 2 rings (SSSR count). The van der Waals surface area contributed by atoms with Crippen LogP contribution in [-0.2, 0) is 0 Å². The van der Waals surface area contributed by atoms with Crippen molar-refractivity contribution in [3.05, 3.63) is 0 Å². The summed E-state index contributed by atoms with van der Waals surface area (Å²) in [4.78, 5) is 5.25. The number of piperidine rings is 2. The van der Waals surface area contributed by atoms with Crippen LogP contribution in [0, 0.1) is 5.92 Å². The highest BCUT2D eigenvalue weighted by atomic mass is 15.2. The van der Waals surface area contributed by atoms with E-state index in [0.717, 1.165) is 12.0 Å². The Kier molecular flexibility index (Phi) is 4.62. The molecule has 0 aliphatic carbocycles. The lowest BCUT2D eigenvalue weighted by atomic mass is 9.94. The molecule has 2 heterocycles. The molecule has 2 saturated heterocycles. The fourth-order valence-electron chi connectivity index (χ4n) is 3.32. The fraction of sp³-hybridized carbons (Fsp3) is 1.00. The summed E-state index contributed by atoms with van der Waals surface area (Å²) in [6.45, 7) is 6.42. The average Bonchev–Trinajstić information content (AvgIpc) is 2.30. The van der Waals surface area contributed by atoms with Crippen molar-refractivity contribution in [2.75, 3.05) is 46.8 Å². The molecule has 1 N–H and O–H groups in total. The van der Waals surface area contributed by atoms with Gasteiger partial charge in [-0.3, -0.25) is 4.90 Å². The van der Waals surface area contributed by atoms with Gasteiger partial charge < -0.3 is 10.2 Å². The smallest absolute Gasteiger partial charge is 0.0223 e. The van der Waals surface area contributed by atoms with Gasteiger partial charge >= 0.3 is 0 Å². The molecule has 2 fully saturated rings. The van der Waals surface area contributed by atoms with Crippen LogP contribution in [-0.4, -0.2) is 62.7 Å². The molecular weight excluding hydrogens is 198 g/mol. The molecule has 3 nitrogen and oxygen atoms in total. The van der Waals surface area contributed by atoms with Gasteiger partial charge in [0.25, 0.3) is 0 Å². The number of likely N-dealkylation sites (N-methyl/N-ethyl adjacent to an activating group) is 1. The van der Waals surface area contributed by atoms with Crippen LogP contribution in [0.4, 0.5) is 0 Å². The van der Waals surface area contributed by atoms with Crippen molar-refractivity contribution in [1.29, 1.82) is 0 Å². The third kappa shape index (κ3) is 3.19. The Labute approximate surface area is 100 Å². The van der Waals surface area contributed by atoms with Crippen molar-refractivity contribution < 1.29 is 0 Å². The van der Waals surface area contributed by atoms with Crippen molar-refractivity contribution in [2.45, 2.75) is 31.7 Å². The highest BCUT2D eigenvalue weighted by molar-refractivity contribution is 4.84. The topological polar surface area (TPSA) is 18.5 Å². The zero-order valence-corrected chi connectivity index (χ0v) is 10.9. The Morgan fingerprint density at radius 1 is 1.12 bits per heavy atom. The lowest BCUT2D eigenvalue weighted by molar-refractivity contribution is 0.0726. The average molecular weight is 225 g/mol. The van der Waals surface area contributed by atoms with Gasteiger partial charge in [0.2, 0.25) is 0 Å². The Morgan fingerprint density at radius 2 is 1.94 bits per heavy atom. The lowest BCUT2D eigenvalue weighted by Crippen LogP contribution is -2.51. The van der Waals surface area contributed by atoms with E-state index in [1.165, 1.54) is 58.4 Å². The molecule has 0 saturated carbocycles. The predicted octanol–water partition coefficient (Wildman–Crippen LogP) is 1.01. The number of hydrogen-bond donors (Lipinski definition) is 1. The maximum absolute atomic E-state index is 3.33. The zero-order chi connectivity index (χ0) is 11.4. The molecule has 0 bridgehead atoms. The second-order valence-electron chi connectivity index (χ2n) is 5.62. The van der Waals surface area contributed by atoms with Crippen LogP contribution in [0.25, 0.3) is 0 Å². The summed E-state index contributed by atoms with van der Waals surface area (Å²) in [6, 6.07) is 0.832. The SMILES string of the molecule is CNCC1CCCN(C2CCCN(C)C2)C1. The molecular formula is C13H27N3. The van der Waals surface area contributed by atoms with Crippen LogP contribution >= 0.6 is 0 Å². The van der Waals surface area contributed by atoms with E-state index < -0.39 is 0 Å². The normalized spacial score (nSPS) is 34.1. The zero-order valence-electron chi connectivity index (χ0n) is 10.9. The van der Waals surface area contributed by atoms with Crippen molar-refractivity contribution in [3.63, 3.8) is 0 Å². The summed E-state index contributed by atoms with van der Waals surface area (Å²) in [5, 5.41) is 3.33. The molecule has 0 aromatic heterocycles. The van der Waals surface area contributed by atoms with Gasteiger partial charge in [0.15, 0.2) is 0 Å². The molecule has 0 aromatic rings. The van der Waals surface area contributed by atoms with Gasteiger partial charge in [0, 0.05) is 19.1 Å². The molecule has 16 heavy (non-hydrogen) atoms. The lowest BCUT2D eigenvalue weighted by Gasteiger charge is -2.42. The minimum atomic E-state index is 0.832. The fourth-order valence-corrected chi connectivity index (χ4v) is 3.32. The van der Waals surface area contributed by atoms with Gasteiger partial charge in [-0.15, -0.1) is 0 Å². The van der Waals surface area contributed by atoms with E-state index >= 15 is 0 Å². The summed E-state index contributed by atoms with van der Waals surface area (Å²) in [5.74, 6) is 0.881. The Bertz CT molecular complexity index is 205. The second-order valence-corrected chi connectivity index (χ2v) is 5.62. The van der Waals surface area contributed by atoms with Gasteiger partial charge in [-0.25, -0.2) is 0 Å². The van der Waals surface area contributed by atoms with Crippen molar-refractivity contribution in [3.8, 4) is 0 Å². The van der Waals surface area contributed by atoms with E-state index in [1.807, 2.05) is 0 Å². The first-order chi connectivity index (χ1) is 7.79. The molecule has 0 radical (unpaired) electrons. The molecule has 3 heteroatoms. The number of nitrogens with zero attached hydrogens (tertiary/aromatic N) is 2. The Balaban J connectivity index is 1.83. The third-order valence-corrected chi connectivity index (χ3v) is 4.16. The van der Waals surface area contributed by atoms with Crippen LogP contribution in [0.5, 0.6) is 0 Å². The monoisotopic (exact) mass is 225 g/mol. The van der Waals surface area contributed by atoms with Gasteiger partial charge in [-0.2, -0.15) is 0 Å². The van der Waals surface area contributed by atoms with Gasteiger partial charge in [0.1, 0.15) is 0 Å². The van der Waals surface area contributed by atoms with E-state index in [1.54, 1.807) is 0 Å². The molecule has 0 amide bonds. The van der Waals surface area contributed by atoms with Crippen LogP contribution in [0.1, 0.15) is 25.7 Å². The number of hydrogen-bond acceptors (Lipinski definition) is 3. The van der Waals surface area contributed by atoms with E-state index in [-0.39, 0.29) is 0 Å². The number of rotatable bonds is 3. The van der Waals surface area contributed by atoms with E-state index in [0.29, 0.717) is 0 Å². The van der Waals surface area contributed by atoms with Crippen molar-refractivity contribution >= 4 is 0 Å². The third-order valence-electron chi connectivity index (χ3n) is 4.16. The van der Waals surface area contributed by atoms with Gasteiger partial charge in [0.05, 0.1) is 0 Å². The van der Waals surface area contributed by atoms with Crippen molar-refractivity contribution in [2.24, 2.45) is 5.92 Å². The highest BCUT2D eigenvalue weighted by Crippen LogP contribution is 2.22. The Morgan fingerprint density at radius 3 is 2.69 bits per heavy atom.